The van der Waals surface area contributed by atoms with Crippen LogP contribution in [0.3, 0.4) is 0 Å². The number of aromatic nitrogens is 2. The Morgan fingerprint density at radius 1 is 1.24 bits per heavy atom. The lowest BCUT2D eigenvalue weighted by Gasteiger charge is -2.42. The average molecular weight is 347 g/mol. The monoisotopic (exact) mass is 347 g/mol. The molecule has 0 atom stereocenters. The predicted molar refractivity (Wildman–Crippen MR) is 90.8 cm³/mol. The van der Waals surface area contributed by atoms with Gasteiger partial charge in [-0.15, -0.1) is 0 Å². The zero-order chi connectivity index (χ0) is 18.4. The Kier molecular flexibility index (Phi) is 4.30. The smallest absolute Gasteiger partial charge is 0.327 e. The van der Waals surface area contributed by atoms with Crippen LogP contribution in [-0.2, 0) is 11.8 Å². The van der Waals surface area contributed by atoms with Crippen molar-refractivity contribution >= 4 is 17.8 Å². The average Bonchev–Trinajstić information content (AvgIpc) is 3.08. The molecule has 8 heteroatoms. The molecule has 2 fully saturated rings. The lowest BCUT2D eigenvalue weighted by atomic mass is 9.85. The minimum Gasteiger partial charge on any atom is -0.336 e. The molecular formula is C17H25N5O3. The molecule has 3 heterocycles. The second kappa shape index (κ2) is 6.16. The number of imidazole rings is 1. The number of likely N-dealkylation sites (N-methyl/N-ethyl adjacent to an activating group) is 1. The Morgan fingerprint density at radius 3 is 2.40 bits per heavy atom. The summed E-state index contributed by atoms with van der Waals surface area (Å²) in [7, 11) is 3.32. The van der Waals surface area contributed by atoms with Crippen molar-refractivity contribution in [2.75, 3.05) is 26.7 Å². The molecule has 0 aliphatic carbocycles. The van der Waals surface area contributed by atoms with E-state index in [9.17, 15) is 14.4 Å². The highest BCUT2D eigenvalue weighted by atomic mass is 16.2. The van der Waals surface area contributed by atoms with Gasteiger partial charge in [0.1, 0.15) is 5.54 Å². The molecule has 136 valence electrons. The summed E-state index contributed by atoms with van der Waals surface area (Å²) in [6, 6.07) is -0.234. The van der Waals surface area contributed by atoms with Gasteiger partial charge in [-0.2, -0.15) is 0 Å². The summed E-state index contributed by atoms with van der Waals surface area (Å²) in [6.45, 7) is 5.48. The molecule has 0 N–H and O–H groups in total. The Balaban J connectivity index is 1.79. The predicted octanol–water partition coefficient (Wildman–Crippen LogP) is 0.945. The Morgan fingerprint density at radius 2 is 1.88 bits per heavy atom. The number of amides is 4. The number of carbonyl (C=O) groups is 3. The summed E-state index contributed by atoms with van der Waals surface area (Å²) >= 11 is 0. The van der Waals surface area contributed by atoms with Gasteiger partial charge in [0, 0.05) is 46.1 Å². The second-order valence-corrected chi connectivity index (χ2v) is 7.34. The van der Waals surface area contributed by atoms with E-state index in [1.54, 1.807) is 33.8 Å². The van der Waals surface area contributed by atoms with Crippen LogP contribution < -0.4 is 0 Å². The summed E-state index contributed by atoms with van der Waals surface area (Å²) in [5, 5.41) is 0. The third-order valence-electron chi connectivity index (χ3n) is 5.18. The maximum Gasteiger partial charge on any atom is 0.327 e. The lowest BCUT2D eigenvalue weighted by Crippen LogP contribution is -2.58. The fourth-order valence-corrected chi connectivity index (χ4v) is 3.77. The van der Waals surface area contributed by atoms with E-state index in [-0.39, 0.29) is 23.8 Å². The SMILES string of the molecule is CC(C)CN1C(=O)N(C)C(=O)C12CCN(C(=O)c1nccn1C)CC2. The molecule has 25 heavy (non-hydrogen) atoms. The topological polar surface area (TPSA) is 78.8 Å². The van der Waals surface area contributed by atoms with Gasteiger partial charge in [0.25, 0.3) is 11.8 Å². The van der Waals surface area contributed by atoms with Crippen molar-refractivity contribution < 1.29 is 14.4 Å². The number of aryl methyl sites for hydroxylation is 1. The van der Waals surface area contributed by atoms with E-state index in [1.165, 1.54) is 11.9 Å². The van der Waals surface area contributed by atoms with Crippen molar-refractivity contribution in [1.29, 1.82) is 0 Å². The van der Waals surface area contributed by atoms with Gasteiger partial charge in [-0.05, 0) is 18.8 Å². The molecule has 2 saturated heterocycles. The van der Waals surface area contributed by atoms with Gasteiger partial charge in [0.2, 0.25) is 0 Å². The molecular weight excluding hydrogens is 322 g/mol. The number of hydrogen-bond donors (Lipinski definition) is 0. The first-order valence-corrected chi connectivity index (χ1v) is 8.64. The summed E-state index contributed by atoms with van der Waals surface area (Å²) in [5.41, 5.74) is -0.811. The number of hydrogen-bond acceptors (Lipinski definition) is 4. The Hall–Kier alpha value is -2.38. The molecule has 1 aromatic rings. The maximum atomic E-state index is 12.8. The second-order valence-electron chi connectivity index (χ2n) is 7.34. The number of imide groups is 1. The molecule has 3 rings (SSSR count). The lowest BCUT2D eigenvalue weighted by molar-refractivity contribution is -0.134. The van der Waals surface area contributed by atoms with Crippen molar-refractivity contribution in [1.82, 2.24) is 24.3 Å². The first-order valence-electron chi connectivity index (χ1n) is 8.64. The highest BCUT2D eigenvalue weighted by Gasteiger charge is 2.57. The Bertz CT molecular complexity index is 703. The van der Waals surface area contributed by atoms with E-state index in [1.807, 2.05) is 13.8 Å². The van der Waals surface area contributed by atoms with E-state index in [0.29, 0.717) is 38.3 Å². The van der Waals surface area contributed by atoms with Crippen molar-refractivity contribution in [2.45, 2.75) is 32.2 Å². The number of nitrogens with zero attached hydrogens (tertiary/aromatic N) is 5. The fourth-order valence-electron chi connectivity index (χ4n) is 3.77. The van der Waals surface area contributed by atoms with Crippen LogP contribution >= 0.6 is 0 Å². The number of carbonyl (C=O) groups excluding carboxylic acids is 3. The maximum absolute atomic E-state index is 12.8. The van der Waals surface area contributed by atoms with Gasteiger partial charge in [-0.1, -0.05) is 13.8 Å². The summed E-state index contributed by atoms with van der Waals surface area (Å²) < 4.78 is 1.69. The minimum absolute atomic E-state index is 0.136. The third kappa shape index (κ3) is 2.69. The fraction of sp³-hybridized carbons (Fsp3) is 0.647. The molecule has 0 aromatic carbocycles. The van der Waals surface area contributed by atoms with Crippen LogP contribution in [0, 0.1) is 5.92 Å². The molecule has 0 saturated carbocycles. The molecule has 0 radical (unpaired) electrons. The first-order chi connectivity index (χ1) is 11.8. The molecule has 2 aliphatic heterocycles. The van der Waals surface area contributed by atoms with Crippen LogP contribution in [0.5, 0.6) is 0 Å². The summed E-state index contributed by atoms with van der Waals surface area (Å²) in [4.78, 5) is 46.7. The number of likely N-dealkylation sites (tertiary alicyclic amines) is 1. The van der Waals surface area contributed by atoms with Gasteiger partial charge < -0.3 is 14.4 Å². The zero-order valence-electron chi connectivity index (χ0n) is 15.2. The standard InChI is InChI=1S/C17H25N5O3/c1-12(2)11-22-16(25)20(4)15(24)17(22)5-8-21(9-6-17)14(23)13-18-7-10-19(13)3/h7,10,12H,5-6,8-9,11H2,1-4H3. The van der Waals surface area contributed by atoms with E-state index in [2.05, 4.69) is 4.98 Å². The molecule has 2 aliphatic rings. The number of piperidine rings is 1. The molecule has 0 unspecified atom stereocenters. The first kappa shape index (κ1) is 17.4. The van der Waals surface area contributed by atoms with Crippen LogP contribution in [0.1, 0.15) is 37.3 Å². The van der Waals surface area contributed by atoms with E-state index in [0.717, 1.165) is 0 Å². The van der Waals surface area contributed by atoms with Crippen molar-refractivity contribution in [3.63, 3.8) is 0 Å². The minimum atomic E-state index is -0.811. The van der Waals surface area contributed by atoms with Gasteiger partial charge in [-0.3, -0.25) is 14.5 Å². The van der Waals surface area contributed by atoms with Crippen molar-refractivity contribution in [3.8, 4) is 0 Å². The molecule has 4 amide bonds. The zero-order valence-corrected chi connectivity index (χ0v) is 15.2. The molecule has 1 aromatic heterocycles. The molecule has 0 bridgehead atoms. The summed E-state index contributed by atoms with van der Waals surface area (Å²) in [6.07, 6.45) is 4.25. The molecule has 1 spiro atoms. The van der Waals surface area contributed by atoms with Crippen LogP contribution in [0.4, 0.5) is 4.79 Å². The highest BCUT2D eigenvalue weighted by Crippen LogP contribution is 2.37. The normalized spacial score (nSPS) is 20.3. The highest BCUT2D eigenvalue weighted by molar-refractivity contribution is 6.07. The van der Waals surface area contributed by atoms with Crippen LogP contribution in [0.2, 0.25) is 0 Å². The number of rotatable bonds is 3. The van der Waals surface area contributed by atoms with Gasteiger partial charge >= 0.3 is 6.03 Å². The molecule has 8 nitrogen and oxygen atoms in total. The van der Waals surface area contributed by atoms with Crippen LogP contribution in [-0.4, -0.2) is 74.3 Å². The number of urea groups is 1. The largest absolute Gasteiger partial charge is 0.336 e. The van der Waals surface area contributed by atoms with E-state index >= 15 is 0 Å². The van der Waals surface area contributed by atoms with Crippen molar-refractivity contribution in [3.05, 3.63) is 18.2 Å². The van der Waals surface area contributed by atoms with E-state index < -0.39 is 5.54 Å². The quantitative estimate of drug-likeness (QED) is 0.763. The van der Waals surface area contributed by atoms with Gasteiger partial charge in [0.05, 0.1) is 0 Å². The Labute approximate surface area is 147 Å². The van der Waals surface area contributed by atoms with E-state index in [4.69, 9.17) is 0 Å². The third-order valence-corrected chi connectivity index (χ3v) is 5.18. The van der Waals surface area contributed by atoms with Crippen molar-refractivity contribution in [2.24, 2.45) is 13.0 Å². The van der Waals surface area contributed by atoms with Gasteiger partial charge in [0.15, 0.2) is 5.82 Å². The van der Waals surface area contributed by atoms with Gasteiger partial charge in [-0.25, -0.2) is 9.78 Å². The van der Waals surface area contributed by atoms with Crippen LogP contribution in [0.25, 0.3) is 0 Å². The summed E-state index contributed by atoms with van der Waals surface area (Å²) in [5.74, 6) is 0.374. The van der Waals surface area contributed by atoms with Crippen LogP contribution in [0.15, 0.2) is 12.4 Å².